The van der Waals surface area contributed by atoms with E-state index >= 15 is 0 Å². The van der Waals surface area contributed by atoms with Crippen molar-refractivity contribution in [2.75, 3.05) is 6.54 Å². The minimum atomic E-state index is -1.46. The molecule has 0 bridgehead atoms. The number of amides is 5. The lowest BCUT2D eigenvalue weighted by Gasteiger charge is -2.21. The highest BCUT2D eigenvalue weighted by Gasteiger charge is 2.27. The summed E-state index contributed by atoms with van der Waals surface area (Å²) in [5, 5.41) is 25.3. The number of carbonyl (C=O) groups excluding carboxylic acids is 5. The highest BCUT2D eigenvalue weighted by atomic mass is 16.4. The largest absolute Gasteiger partial charge is 0.508 e. The summed E-state index contributed by atoms with van der Waals surface area (Å²) >= 11 is 0. The van der Waals surface area contributed by atoms with Crippen molar-refractivity contribution in [3.05, 3.63) is 29.8 Å². The van der Waals surface area contributed by atoms with Crippen LogP contribution in [0.25, 0.3) is 0 Å². The molecule has 192 valence electrons. The van der Waals surface area contributed by atoms with Crippen LogP contribution in [0.15, 0.2) is 24.3 Å². The van der Waals surface area contributed by atoms with Crippen LogP contribution < -0.4 is 33.2 Å². The SMILES string of the molecule is NC(=O)CCC(NC(=O)C(CCC(N)=O)NC(=O)CNC(=O)C(N)Cc1ccc(O)cc1)C(=O)O. The first-order chi connectivity index (χ1) is 16.4. The molecule has 14 nitrogen and oxygen atoms in total. The molecular weight excluding hydrogens is 464 g/mol. The van der Waals surface area contributed by atoms with Gasteiger partial charge in [-0.3, -0.25) is 24.0 Å². The van der Waals surface area contributed by atoms with Crippen LogP contribution in [-0.2, 0) is 35.2 Å². The molecule has 0 heterocycles. The quantitative estimate of drug-likeness (QED) is 0.123. The van der Waals surface area contributed by atoms with E-state index in [9.17, 15) is 39.0 Å². The van der Waals surface area contributed by atoms with Crippen LogP contribution in [-0.4, -0.2) is 70.4 Å². The van der Waals surface area contributed by atoms with Gasteiger partial charge in [-0.15, -0.1) is 0 Å². The Balaban J connectivity index is 2.69. The lowest BCUT2D eigenvalue weighted by molar-refractivity contribution is -0.142. The van der Waals surface area contributed by atoms with E-state index in [1.807, 2.05) is 0 Å². The van der Waals surface area contributed by atoms with Crippen molar-refractivity contribution in [2.24, 2.45) is 17.2 Å². The van der Waals surface area contributed by atoms with Crippen LogP contribution in [0.2, 0.25) is 0 Å². The Morgan fingerprint density at radius 1 is 0.829 bits per heavy atom. The van der Waals surface area contributed by atoms with Gasteiger partial charge in [0.1, 0.15) is 17.8 Å². The van der Waals surface area contributed by atoms with Crippen LogP contribution in [0, 0.1) is 0 Å². The Morgan fingerprint density at radius 2 is 1.37 bits per heavy atom. The highest BCUT2D eigenvalue weighted by Crippen LogP contribution is 2.11. The third-order valence-electron chi connectivity index (χ3n) is 4.78. The number of carboxylic acids is 1. The lowest BCUT2D eigenvalue weighted by atomic mass is 10.1. The third kappa shape index (κ3) is 11.5. The zero-order chi connectivity index (χ0) is 26.5. The average Bonchev–Trinajstić information content (AvgIpc) is 2.78. The summed E-state index contributed by atoms with van der Waals surface area (Å²) < 4.78 is 0. The minimum absolute atomic E-state index is 0.0564. The van der Waals surface area contributed by atoms with Gasteiger partial charge in [0, 0.05) is 12.8 Å². The molecule has 0 aliphatic rings. The first-order valence-corrected chi connectivity index (χ1v) is 10.6. The summed E-state index contributed by atoms with van der Waals surface area (Å²) in [6.45, 7) is -0.549. The normalized spacial score (nSPS) is 13.1. The number of rotatable bonds is 15. The van der Waals surface area contributed by atoms with E-state index < -0.39 is 60.2 Å². The van der Waals surface area contributed by atoms with Crippen LogP contribution in [0.4, 0.5) is 0 Å². The number of nitrogens with one attached hydrogen (secondary N) is 3. The molecule has 14 heteroatoms. The van der Waals surface area contributed by atoms with Crippen LogP contribution >= 0.6 is 0 Å². The average molecular weight is 495 g/mol. The first kappa shape index (κ1) is 28.8. The zero-order valence-corrected chi connectivity index (χ0v) is 18.9. The number of aromatic hydroxyl groups is 1. The molecule has 0 radical (unpaired) electrons. The number of aliphatic carboxylic acids is 1. The van der Waals surface area contributed by atoms with Gasteiger partial charge in [-0.1, -0.05) is 12.1 Å². The summed E-state index contributed by atoms with van der Waals surface area (Å²) in [5.74, 6) is -5.26. The van der Waals surface area contributed by atoms with Crippen molar-refractivity contribution in [3.8, 4) is 5.75 Å². The molecule has 0 aliphatic carbocycles. The van der Waals surface area contributed by atoms with E-state index in [-0.39, 0.29) is 37.9 Å². The van der Waals surface area contributed by atoms with E-state index in [0.29, 0.717) is 5.56 Å². The first-order valence-electron chi connectivity index (χ1n) is 10.6. The molecule has 0 saturated carbocycles. The second-order valence-electron chi connectivity index (χ2n) is 7.72. The fraction of sp³-hybridized carbons (Fsp3) is 0.429. The van der Waals surface area contributed by atoms with E-state index in [2.05, 4.69) is 16.0 Å². The maximum absolute atomic E-state index is 12.5. The summed E-state index contributed by atoms with van der Waals surface area (Å²) in [6.07, 6.45) is -0.961. The fourth-order valence-corrected chi connectivity index (χ4v) is 2.89. The maximum atomic E-state index is 12.5. The molecule has 0 aliphatic heterocycles. The molecule has 3 unspecified atom stereocenters. The second-order valence-corrected chi connectivity index (χ2v) is 7.72. The summed E-state index contributed by atoms with van der Waals surface area (Å²) in [5.41, 5.74) is 16.6. The number of carboxylic acid groups (broad SMARTS) is 1. The number of phenols is 1. The minimum Gasteiger partial charge on any atom is -0.508 e. The van der Waals surface area contributed by atoms with E-state index in [4.69, 9.17) is 17.2 Å². The number of phenolic OH excluding ortho intramolecular Hbond substituents is 1. The van der Waals surface area contributed by atoms with E-state index in [1.54, 1.807) is 12.1 Å². The molecule has 11 N–H and O–H groups in total. The molecular formula is C21H30N6O8. The highest BCUT2D eigenvalue weighted by molar-refractivity contribution is 5.93. The Hall–Kier alpha value is -4.20. The van der Waals surface area contributed by atoms with E-state index in [1.165, 1.54) is 12.1 Å². The predicted octanol–water partition coefficient (Wildman–Crippen LogP) is -3.04. The Bertz CT molecular complexity index is 936. The van der Waals surface area contributed by atoms with Crippen molar-refractivity contribution < 1.29 is 39.0 Å². The molecule has 0 spiro atoms. The summed E-state index contributed by atoms with van der Waals surface area (Å²) in [7, 11) is 0. The van der Waals surface area contributed by atoms with Crippen molar-refractivity contribution in [3.63, 3.8) is 0 Å². The fourth-order valence-electron chi connectivity index (χ4n) is 2.89. The topological polar surface area (TPSA) is 257 Å². The van der Waals surface area contributed by atoms with Gasteiger partial charge in [0.15, 0.2) is 0 Å². The second kappa shape index (κ2) is 14.1. The van der Waals surface area contributed by atoms with Gasteiger partial charge in [0.05, 0.1) is 12.6 Å². The Kier molecular flexibility index (Phi) is 11.7. The van der Waals surface area contributed by atoms with Crippen molar-refractivity contribution in [2.45, 2.75) is 50.2 Å². The maximum Gasteiger partial charge on any atom is 0.326 e. The monoisotopic (exact) mass is 494 g/mol. The molecule has 35 heavy (non-hydrogen) atoms. The van der Waals surface area contributed by atoms with Gasteiger partial charge < -0.3 is 43.4 Å². The smallest absolute Gasteiger partial charge is 0.326 e. The summed E-state index contributed by atoms with van der Waals surface area (Å²) in [4.78, 5) is 70.4. The number of nitrogens with two attached hydrogens (primary N) is 3. The molecule has 1 rings (SSSR count). The van der Waals surface area contributed by atoms with Gasteiger partial charge in [-0.05, 0) is 37.0 Å². The Labute approximate surface area is 200 Å². The van der Waals surface area contributed by atoms with Crippen molar-refractivity contribution >= 4 is 35.5 Å². The number of carbonyl (C=O) groups is 6. The molecule has 0 fully saturated rings. The zero-order valence-electron chi connectivity index (χ0n) is 18.9. The standard InChI is InChI=1S/C21H30N6O8/c22-13(9-11-1-3-12(28)4-2-11)19(32)25-10-18(31)26-14(5-7-16(23)29)20(33)27-15(21(34)35)6-8-17(24)30/h1-4,13-15,28H,5-10,22H2,(H2,23,29)(H2,24,30)(H,25,32)(H,26,31)(H,27,33)(H,34,35). The lowest BCUT2D eigenvalue weighted by Crippen LogP contribution is -2.54. The van der Waals surface area contributed by atoms with Crippen molar-refractivity contribution in [1.82, 2.24) is 16.0 Å². The Morgan fingerprint density at radius 3 is 1.89 bits per heavy atom. The van der Waals surface area contributed by atoms with Crippen LogP contribution in [0.3, 0.4) is 0 Å². The molecule has 5 amide bonds. The van der Waals surface area contributed by atoms with Gasteiger partial charge in [0.25, 0.3) is 0 Å². The van der Waals surface area contributed by atoms with E-state index in [0.717, 1.165) is 0 Å². The number of benzene rings is 1. The van der Waals surface area contributed by atoms with Gasteiger partial charge in [-0.25, -0.2) is 4.79 Å². The van der Waals surface area contributed by atoms with Gasteiger partial charge in [0.2, 0.25) is 29.5 Å². The number of primary amides is 2. The van der Waals surface area contributed by atoms with Gasteiger partial charge >= 0.3 is 5.97 Å². The molecule has 3 atom stereocenters. The van der Waals surface area contributed by atoms with Crippen LogP contribution in [0.1, 0.15) is 31.2 Å². The van der Waals surface area contributed by atoms with Crippen molar-refractivity contribution in [1.29, 1.82) is 0 Å². The van der Waals surface area contributed by atoms with Gasteiger partial charge in [-0.2, -0.15) is 0 Å². The van der Waals surface area contributed by atoms with Crippen LogP contribution in [0.5, 0.6) is 5.75 Å². The third-order valence-corrected chi connectivity index (χ3v) is 4.78. The molecule has 0 saturated heterocycles. The molecule has 1 aromatic carbocycles. The summed E-state index contributed by atoms with van der Waals surface area (Å²) in [6, 6.07) is 2.26. The predicted molar refractivity (Wildman–Crippen MR) is 121 cm³/mol. The number of hydrogen-bond donors (Lipinski definition) is 8. The molecule has 1 aromatic rings. The number of hydrogen-bond acceptors (Lipinski definition) is 8. The molecule has 0 aromatic heterocycles.